The van der Waals surface area contributed by atoms with Crippen LogP contribution in [0.3, 0.4) is 0 Å². The molecule has 1 atom stereocenters. The van der Waals surface area contributed by atoms with Crippen LogP contribution < -0.4 is 11.5 Å². The van der Waals surface area contributed by atoms with E-state index in [-0.39, 0.29) is 6.15 Å². The van der Waals surface area contributed by atoms with Crippen molar-refractivity contribution in [1.29, 1.82) is 0 Å². The summed E-state index contributed by atoms with van der Waals surface area (Å²) in [7, 11) is 2.19. The first-order chi connectivity index (χ1) is 13.9. The van der Waals surface area contributed by atoms with Crippen molar-refractivity contribution >= 4 is 24.0 Å². The van der Waals surface area contributed by atoms with E-state index >= 15 is 0 Å². The molecule has 1 aromatic heterocycles. The van der Waals surface area contributed by atoms with Gasteiger partial charge in [-0.3, -0.25) is 4.79 Å². The number of rotatable bonds is 6. The Labute approximate surface area is 185 Å². The van der Waals surface area contributed by atoms with Crippen molar-refractivity contribution in [3.05, 3.63) is 41.0 Å². The van der Waals surface area contributed by atoms with E-state index < -0.39 is 0 Å². The van der Waals surface area contributed by atoms with E-state index in [4.69, 9.17) is 0 Å². The minimum atomic E-state index is 0. The molecule has 7 heteroatoms. The molecule has 30 heavy (non-hydrogen) atoms. The van der Waals surface area contributed by atoms with Crippen molar-refractivity contribution in [2.45, 2.75) is 59.5 Å². The van der Waals surface area contributed by atoms with Crippen molar-refractivity contribution in [1.82, 2.24) is 21.4 Å². The lowest BCUT2D eigenvalue weighted by molar-refractivity contribution is -0.110. The van der Waals surface area contributed by atoms with Gasteiger partial charge in [0.1, 0.15) is 6.29 Å². The highest BCUT2D eigenvalue weighted by atomic mass is 32.1. The summed E-state index contributed by atoms with van der Waals surface area (Å²) in [5.41, 5.74) is 5.18. The number of aromatic nitrogens is 1. The first kappa shape index (κ1) is 27.9. The van der Waals surface area contributed by atoms with Gasteiger partial charge in [-0.05, 0) is 57.3 Å². The van der Waals surface area contributed by atoms with Crippen molar-refractivity contribution in [3.8, 4) is 10.4 Å². The number of benzene rings is 1. The van der Waals surface area contributed by atoms with E-state index in [1.165, 1.54) is 29.8 Å². The summed E-state index contributed by atoms with van der Waals surface area (Å²) in [5.74, 6) is 0.530. The number of nitrogens with one attached hydrogen (secondary N) is 1. The maximum Gasteiger partial charge on any atom is 0.207 e. The zero-order valence-electron chi connectivity index (χ0n) is 19.1. The summed E-state index contributed by atoms with van der Waals surface area (Å²) in [6.45, 7) is 10.2. The molecule has 0 saturated carbocycles. The van der Waals surface area contributed by atoms with E-state index in [9.17, 15) is 9.59 Å². The van der Waals surface area contributed by atoms with Gasteiger partial charge in [-0.2, -0.15) is 0 Å². The number of likely N-dealkylation sites (tertiary alicyclic amines) is 1. The van der Waals surface area contributed by atoms with Crippen LogP contribution in [0.25, 0.3) is 10.4 Å². The smallest absolute Gasteiger partial charge is 0.207 e. The summed E-state index contributed by atoms with van der Waals surface area (Å²) >= 11 is 1.64. The molecule has 168 valence electrons. The van der Waals surface area contributed by atoms with Crippen molar-refractivity contribution < 1.29 is 9.59 Å². The molecule has 1 aliphatic rings. The van der Waals surface area contributed by atoms with Crippen LogP contribution in [0.4, 0.5) is 0 Å². The number of hydrogen-bond acceptors (Lipinski definition) is 6. The number of aldehydes is 1. The molecule has 0 radical (unpaired) electrons. The van der Waals surface area contributed by atoms with E-state index in [2.05, 4.69) is 41.3 Å². The molecule has 4 N–H and O–H groups in total. The van der Waals surface area contributed by atoms with E-state index in [1.807, 2.05) is 38.4 Å². The third kappa shape index (κ3) is 10.6. The van der Waals surface area contributed by atoms with E-state index in [1.54, 1.807) is 11.3 Å². The summed E-state index contributed by atoms with van der Waals surface area (Å²) in [5, 5.41) is 2.64. The standard InChI is InChI=1S/C12H12N2OS.C6H13N.C5H10O.H3N/c1-9-12(16-8-14-9)11-4-2-10(3-5-11)6-13-7-15;1-6-4-3-5-7(6)2;1-5(2)3-4-6;/h2-5,7-8H,6H2,1H3,(H,13,15);6H,3-5H2,1-2H3;4-5H,3H2,1-2H3;1H3. The second-order valence-corrected chi connectivity index (χ2v) is 8.59. The maximum absolute atomic E-state index is 10.2. The van der Waals surface area contributed by atoms with Crippen LogP contribution in [0.2, 0.25) is 0 Å². The van der Waals surface area contributed by atoms with Crippen LogP contribution in [0.5, 0.6) is 0 Å². The summed E-state index contributed by atoms with van der Waals surface area (Å²) in [4.78, 5) is 27.6. The fraction of sp³-hybridized carbons (Fsp3) is 0.522. The molecule has 1 amide bonds. The maximum atomic E-state index is 10.2. The van der Waals surface area contributed by atoms with Gasteiger partial charge in [-0.25, -0.2) is 4.98 Å². The zero-order chi connectivity index (χ0) is 21.6. The van der Waals surface area contributed by atoms with Crippen LogP contribution in [0, 0.1) is 12.8 Å². The average Bonchev–Trinajstić information content (AvgIpc) is 3.29. The molecule has 0 aliphatic carbocycles. The molecule has 1 fully saturated rings. The first-order valence-corrected chi connectivity index (χ1v) is 11.1. The van der Waals surface area contributed by atoms with Crippen molar-refractivity contribution in [3.63, 3.8) is 0 Å². The molecule has 0 spiro atoms. The van der Waals surface area contributed by atoms with Crippen LogP contribution >= 0.6 is 11.3 Å². The average molecular weight is 435 g/mol. The normalized spacial score (nSPS) is 15.2. The quantitative estimate of drug-likeness (QED) is 0.633. The Morgan fingerprint density at radius 1 is 1.27 bits per heavy atom. The topological polar surface area (TPSA) is 97.3 Å². The molecule has 1 unspecified atom stereocenters. The van der Waals surface area contributed by atoms with Gasteiger partial charge < -0.3 is 21.2 Å². The van der Waals surface area contributed by atoms with Crippen LogP contribution in [-0.4, -0.2) is 42.2 Å². The number of carbonyl (C=O) groups is 2. The fourth-order valence-corrected chi connectivity index (χ4v) is 3.59. The second kappa shape index (κ2) is 15.7. The Morgan fingerprint density at radius 3 is 2.27 bits per heavy atom. The molecule has 2 aromatic rings. The Kier molecular flexibility index (Phi) is 14.6. The Bertz CT molecular complexity index is 708. The van der Waals surface area contributed by atoms with E-state index in [0.717, 1.165) is 23.6 Å². The predicted octanol–water partition coefficient (Wildman–Crippen LogP) is 4.86. The predicted molar refractivity (Wildman–Crippen MR) is 127 cm³/mol. The minimum absolute atomic E-state index is 0. The molecule has 3 rings (SSSR count). The van der Waals surface area contributed by atoms with Crippen LogP contribution in [0.15, 0.2) is 29.8 Å². The highest BCUT2D eigenvalue weighted by Gasteiger charge is 2.14. The largest absolute Gasteiger partial charge is 0.355 e. The van der Waals surface area contributed by atoms with E-state index in [0.29, 0.717) is 25.3 Å². The lowest BCUT2D eigenvalue weighted by Crippen LogP contribution is -2.20. The third-order valence-corrected chi connectivity index (χ3v) is 5.78. The van der Waals surface area contributed by atoms with Gasteiger partial charge in [0.25, 0.3) is 0 Å². The van der Waals surface area contributed by atoms with Gasteiger partial charge in [-0.1, -0.05) is 38.1 Å². The minimum Gasteiger partial charge on any atom is -0.355 e. The molecular formula is C23H38N4O2S. The Morgan fingerprint density at radius 2 is 1.93 bits per heavy atom. The number of hydrogen-bond donors (Lipinski definition) is 2. The number of aryl methyl sites for hydroxylation is 1. The highest BCUT2D eigenvalue weighted by Crippen LogP contribution is 2.27. The second-order valence-electron chi connectivity index (χ2n) is 7.73. The summed E-state index contributed by atoms with van der Waals surface area (Å²) in [6, 6.07) is 9.00. The van der Waals surface area contributed by atoms with Crippen LogP contribution in [-0.2, 0) is 16.1 Å². The lowest BCUT2D eigenvalue weighted by Gasteiger charge is -2.12. The number of nitrogens with zero attached hydrogens (tertiary/aromatic N) is 2. The van der Waals surface area contributed by atoms with Crippen LogP contribution in [0.1, 0.15) is 51.3 Å². The Balaban J connectivity index is 0.000000501. The molecule has 1 aromatic carbocycles. The van der Waals surface area contributed by atoms with Gasteiger partial charge in [0.15, 0.2) is 0 Å². The molecule has 1 saturated heterocycles. The van der Waals surface area contributed by atoms with Gasteiger partial charge in [0.2, 0.25) is 6.41 Å². The summed E-state index contributed by atoms with van der Waals surface area (Å²) < 4.78 is 0. The van der Waals surface area contributed by atoms with Gasteiger partial charge in [-0.15, -0.1) is 11.3 Å². The SMILES string of the molecule is CC(C)CC=O.CC1CCCN1C.Cc1ncsc1-c1ccc(CNC=O)cc1.N. The molecule has 2 heterocycles. The molecule has 1 aliphatic heterocycles. The number of carbonyl (C=O) groups excluding carboxylic acids is 2. The fourth-order valence-electron chi connectivity index (χ4n) is 2.78. The van der Waals surface area contributed by atoms with Gasteiger partial charge >= 0.3 is 0 Å². The first-order valence-electron chi connectivity index (χ1n) is 10.2. The lowest BCUT2D eigenvalue weighted by atomic mass is 10.1. The van der Waals surface area contributed by atoms with Crippen molar-refractivity contribution in [2.24, 2.45) is 5.92 Å². The molecule has 6 nitrogen and oxygen atoms in total. The third-order valence-electron chi connectivity index (χ3n) is 4.80. The number of thiazole rings is 1. The van der Waals surface area contributed by atoms with Crippen molar-refractivity contribution in [2.75, 3.05) is 13.6 Å². The zero-order valence-corrected chi connectivity index (χ0v) is 19.9. The van der Waals surface area contributed by atoms with Gasteiger partial charge in [0.05, 0.1) is 16.1 Å². The monoisotopic (exact) mass is 434 g/mol. The van der Waals surface area contributed by atoms with Gasteiger partial charge in [0, 0.05) is 19.0 Å². The molecule has 0 bridgehead atoms. The summed E-state index contributed by atoms with van der Waals surface area (Å²) in [6.07, 6.45) is 5.15. The number of amides is 1. The highest BCUT2D eigenvalue weighted by molar-refractivity contribution is 7.13. The Hall–Kier alpha value is -2.09. The molecular weight excluding hydrogens is 396 g/mol.